The predicted octanol–water partition coefficient (Wildman–Crippen LogP) is 6.65. The summed E-state index contributed by atoms with van der Waals surface area (Å²) in [5.74, 6) is 0.832. The summed E-state index contributed by atoms with van der Waals surface area (Å²) in [6.07, 6.45) is 12.8. The highest BCUT2D eigenvalue weighted by molar-refractivity contribution is 5.94. The molecular weight excluding hydrogens is 384 g/mol. The second-order valence-electron chi connectivity index (χ2n) is 9.52. The molecule has 1 fully saturated rings. The van der Waals surface area contributed by atoms with Gasteiger partial charge in [-0.05, 0) is 51.2 Å². The molecule has 1 aliphatic rings. The number of nitrogens with zero attached hydrogens (tertiary/aromatic N) is 4. The molecule has 4 aromatic rings. The van der Waals surface area contributed by atoms with Gasteiger partial charge in [-0.3, -0.25) is 9.97 Å². The number of fused-ring (bicyclic) bond motifs is 1. The Morgan fingerprint density at radius 1 is 1.00 bits per heavy atom. The Morgan fingerprint density at radius 3 is 2.45 bits per heavy atom. The Balaban J connectivity index is 1.67. The maximum atomic E-state index is 5.42. The number of hydrogen-bond acceptors (Lipinski definition) is 4. The van der Waals surface area contributed by atoms with Gasteiger partial charge in [0.05, 0.1) is 16.7 Å². The molecule has 5 rings (SSSR count). The summed E-state index contributed by atoms with van der Waals surface area (Å²) < 4.78 is 7.84. The summed E-state index contributed by atoms with van der Waals surface area (Å²) in [6.45, 7) is 9.42. The Hall–Kier alpha value is -2.95. The van der Waals surface area contributed by atoms with E-state index in [0.29, 0.717) is 5.41 Å². The maximum Gasteiger partial charge on any atom is 0.141 e. The highest BCUT2D eigenvalue weighted by atomic mass is 16.5. The van der Waals surface area contributed by atoms with Gasteiger partial charge in [-0.15, -0.1) is 0 Å². The second-order valence-corrected chi connectivity index (χ2v) is 9.52. The first-order chi connectivity index (χ1) is 14.9. The molecule has 0 bridgehead atoms. The van der Waals surface area contributed by atoms with E-state index in [4.69, 9.17) is 9.51 Å². The molecule has 0 atom stereocenters. The molecule has 5 heteroatoms. The van der Waals surface area contributed by atoms with Crippen molar-refractivity contribution < 1.29 is 4.52 Å². The van der Waals surface area contributed by atoms with E-state index >= 15 is 0 Å². The molecule has 4 aromatic heterocycles. The fourth-order valence-electron chi connectivity index (χ4n) is 5.14. The molecule has 31 heavy (non-hydrogen) atoms. The molecule has 160 valence electrons. The first-order valence-electron chi connectivity index (χ1n) is 11.3. The summed E-state index contributed by atoms with van der Waals surface area (Å²) in [6, 6.07) is 6.47. The maximum absolute atomic E-state index is 5.42. The van der Waals surface area contributed by atoms with Crippen molar-refractivity contribution in [3.63, 3.8) is 0 Å². The lowest BCUT2D eigenvalue weighted by molar-refractivity contribution is 0.185. The molecule has 1 aliphatic carbocycles. The second kappa shape index (κ2) is 7.63. The molecule has 0 amide bonds. The molecule has 0 aliphatic heterocycles. The lowest BCUT2D eigenvalue weighted by atomic mass is 9.75. The molecule has 0 aromatic carbocycles. The molecule has 0 spiro atoms. The van der Waals surface area contributed by atoms with Crippen molar-refractivity contribution in [3.8, 4) is 22.3 Å². The zero-order valence-electron chi connectivity index (χ0n) is 18.9. The van der Waals surface area contributed by atoms with E-state index in [0.717, 1.165) is 51.5 Å². The Labute approximate surface area is 183 Å². The molecule has 4 heterocycles. The third-order valence-electron chi connectivity index (χ3n) is 6.87. The van der Waals surface area contributed by atoms with Crippen LogP contribution in [0.2, 0.25) is 0 Å². The topological polar surface area (TPSA) is 56.7 Å². The largest absolute Gasteiger partial charge is 0.361 e. The van der Waals surface area contributed by atoms with Crippen LogP contribution in [0.3, 0.4) is 0 Å². The fraction of sp³-hybridized carbons (Fsp3) is 0.423. The van der Waals surface area contributed by atoms with Crippen LogP contribution >= 0.6 is 0 Å². The average molecular weight is 415 g/mol. The van der Waals surface area contributed by atoms with Gasteiger partial charge in [0.1, 0.15) is 5.76 Å². The minimum absolute atomic E-state index is 0.325. The standard InChI is InChI=1S/C26H30N4O/c1-17-8-9-20(13-27-17)22-15-30(16-26(4)10-6-5-7-11-26)23-12-21(14-28-25(22)23)24-18(2)29-31-19(24)3/h8-9,12-15H,5-7,10-11,16H2,1-4H3. The van der Waals surface area contributed by atoms with Crippen LogP contribution in [0.4, 0.5) is 0 Å². The van der Waals surface area contributed by atoms with Crippen molar-refractivity contribution in [2.45, 2.75) is 66.3 Å². The molecule has 1 saturated carbocycles. The summed E-state index contributed by atoms with van der Waals surface area (Å²) in [4.78, 5) is 9.46. The lowest BCUT2D eigenvalue weighted by Crippen LogP contribution is -2.25. The quantitative estimate of drug-likeness (QED) is 0.375. The van der Waals surface area contributed by atoms with E-state index in [2.05, 4.69) is 46.0 Å². The Bertz CT molecular complexity index is 1210. The summed E-state index contributed by atoms with van der Waals surface area (Å²) in [5.41, 5.74) is 8.81. The Kier molecular flexibility index (Phi) is 4.92. The van der Waals surface area contributed by atoms with Crippen LogP contribution in [0, 0.1) is 26.2 Å². The number of aryl methyl sites for hydroxylation is 3. The molecule has 0 saturated heterocycles. The van der Waals surface area contributed by atoms with Gasteiger partial charge in [-0.25, -0.2) is 0 Å². The number of rotatable bonds is 4. The SMILES string of the molecule is Cc1ccc(-c2cn(CC3(C)CCCCC3)c3cc(-c4c(C)noc4C)cnc23)cn1. The minimum Gasteiger partial charge on any atom is -0.361 e. The highest BCUT2D eigenvalue weighted by Gasteiger charge is 2.28. The first kappa shape index (κ1) is 20.0. The normalized spacial score (nSPS) is 16.1. The van der Waals surface area contributed by atoms with Crippen LogP contribution in [0.25, 0.3) is 33.3 Å². The van der Waals surface area contributed by atoms with Crippen LogP contribution in [-0.4, -0.2) is 19.7 Å². The van der Waals surface area contributed by atoms with Crippen LogP contribution in [0.5, 0.6) is 0 Å². The highest BCUT2D eigenvalue weighted by Crippen LogP contribution is 2.40. The average Bonchev–Trinajstić information content (AvgIpc) is 3.28. The van der Waals surface area contributed by atoms with E-state index in [9.17, 15) is 0 Å². The molecular formula is C26H30N4O. The number of aromatic nitrogens is 4. The fourth-order valence-corrected chi connectivity index (χ4v) is 5.14. The van der Waals surface area contributed by atoms with E-state index in [-0.39, 0.29) is 0 Å². The van der Waals surface area contributed by atoms with Gasteiger partial charge in [0, 0.05) is 53.1 Å². The minimum atomic E-state index is 0.325. The van der Waals surface area contributed by atoms with E-state index in [1.165, 1.54) is 37.6 Å². The van der Waals surface area contributed by atoms with E-state index in [1.54, 1.807) is 0 Å². The van der Waals surface area contributed by atoms with Gasteiger partial charge < -0.3 is 9.09 Å². The van der Waals surface area contributed by atoms with Gasteiger partial charge in [-0.1, -0.05) is 37.4 Å². The number of hydrogen-bond donors (Lipinski definition) is 0. The summed E-state index contributed by atoms with van der Waals surface area (Å²) in [7, 11) is 0. The lowest BCUT2D eigenvalue weighted by Gasteiger charge is -2.34. The van der Waals surface area contributed by atoms with Crippen LogP contribution in [0.15, 0.2) is 41.3 Å². The molecule has 0 N–H and O–H groups in total. The predicted molar refractivity (Wildman–Crippen MR) is 124 cm³/mol. The van der Waals surface area contributed by atoms with Gasteiger partial charge >= 0.3 is 0 Å². The zero-order chi connectivity index (χ0) is 21.6. The van der Waals surface area contributed by atoms with Gasteiger partial charge in [0.15, 0.2) is 0 Å². The molecule has 5 nitrogen and oxygen atoms in total. The van der Waals surface area contributed by atoms with Crippen LogP contribution < -0.4 is 0 Å². The van der Waals surface area contributed by atoms with Crippen molar-refractivity contribution in [1.29, 1.82) is 0 Å². The Morgan fingerprint density at radius 2 is 1.77 bits per heavy atom. The van der Waals surface area contributed by atoms with Crippen molar-refractivity contribution in [3.05, 3.63) is 53.9 Å². The number of pyridine rings is 2. The summed E-state index contributed by atoms with van der Waals surface area (Å²) in [5, 5.41) is 4.14. The van der Waals surface area contributed by atoms with Crippen molar-refractivity contribution in [2.75, 3.05) is 0 Å². The monoisotopic (exact) mass is 414 g/mol. The third-order valence-corrected chi connectivity index (χ3v) is 6.87. The summed E-state index contributed by atoms with van der Waals surface area (Å²) >= 11 is 0. The van der Waals surface area contributed by atoms with Crippen molar-refractivity contribution >= 4 is 11.0 Å². The third kappa shape index (κ3) is 3.67. The van der Waals surface area contributed by atoms with Crippen LogP contribution in [-0.2, 0) is 6.54 Å². The van der Waals surface area contributed by atoms with Gasteiger partial charge in [0.2, 0.25) is 0 Å². The zero-order valence-corrected chi connectivity index (χ0v) is 18.9. The molecule has 0 radical (unpaired) electrons. The van der Waals surface area contributed by atoms with E-state index in [1.807, 2.05) is 33.2 Å². The first-order valence-corrected chi connectivity index (χ1v) is 11.3. The van der Waals surface area contributed by atoms with E-state index < -0.39 is 0 Å². The van der Waals surface area contributed by atoms with Crippen molar-refractivity contribution in [2.24, 2.45) is 5.41 Å². The van der Waals surface area contributed by atoms with Crippen molar-refractivity contribution in [1.82, 2.24) is 19.7 Å². The van der Waals surface area contributed by atoms with Gasteiger partial charge in [0.25, 0.3) is 0 Å². The van der Waals surface area contributed by atoms with Crippen LogP contribution in [0.1, 0.15) is 56.2 Å². The molecule has 0 unspecified atom stereocenters. The van der Waals surface area contributed by atoms with Gasteiger partial charge in [-0.2, -0.15) is 0 Å². The smallest absolute Gasteiger partial charge is 0.141 e.